The van der Waals surface area contributed by atoms with Crippen LogP contribution < -0.4 is 10.0 Å². The number of carbonyl (C=O) groups is 1. The van der Waals surface area contributed by atoms with E-state index in [1.807, 2.05) is 13.8 Å². The van der Waals surface area contributed by atoms with Gasteiger partial charge in [0.1, 0.15) is 5.82 Å². The summed E-state index contributed by atoms with van der Waals surface area (Å²) in [6, 6.07) is 4.03. The highest BCUT2D eigenvalue weighted by atomic mass is 32.2. The largest absolute Gasteiger partial charge is 0.376 e. The third kappa shape index (κ3) is 6.05. The molecule has 1 fully saturated rings. The van der Waals surface area contributed by atoms with Gasteiger partial charge in [-0.15, -0.1) is 0 Å². The SMILES string of the molecule is CC(C)C(CC(=O)NCC1CCCO1)NS(=O)(=O)c1ccc(F)cc1. The fourth-order valence-electron chi connectivity index (χ4n) is 2.60. The van der Waals surface area contributed by atoms with Crippen molar-refractivity contribution in [3.8, 4) is 0 Å². The van der Waals surface area contributed by atoms with Crippen LogP contribution in [-0.2, 0) is 19.6 Å². The summed E-state index contributed by atoms with van der Waals surface area (Å²) in [6.07, 6.45) is 1.99. The second-order valence-electron chi connectivity index (χ2n) is 6.57. The molecule has 0 bridgehead atoms. The highest BCUT2D eigenvalue weighted by molar-refractivity contribution is 7.89. The van der Waals surface area contributed by atoms with E-state index in [0.717, 1.165) is 25.0 Å². The van der Waals surface area contributed by atoms with E-state index in [0.29, 0.717) is 13.2 Å². The van der Waals surface area contributed by atoms with Crippen molar-refractivity contribution >= 4 is 15.9 Å². The molecule has 25 heavy (non-hydrogen) atoms. The molecule has 0 radical (unpaired) electrons. The number of carbonyl (C=O) groups excluding carboxylic acids is 1. The highest BCUT2D eigenvalue weighted by Gasteiger charge is 2.25. The third-order valence-electron chi connectivity index (χ3n) is 4.19. The summed E-state index contributed by atoms with van der Waals surface area (Å²) in [5.41, 5.74) is 0. The molecule has 1 saturated heterocycles. The fourth-order valence-corrected chi connectivity index (χ4v) is 3.98. The maximum atomic E-state index is 13.0. The maximum absolute atomic E-state index is 13.0. The number of hydrogen-bond donors (Lipinski definition) is 2. The van der Waals surface area contributed by atoms with E-state index in [2.05, 4.69) is 10.0 Å². The molecular weight excluding hydrogens is 347 g/mol. The van der Waals surface area contributed by atoms with Crippen LogP contribution in [0.2, 0.25) is 0 Å². The zero-order valence-electron chi connectivity index (χ0n) is 14.5. The van der Waals surface area contributed by atoms with Gasteiger partial charge >= 0.3 is 0 Å². The Kier molecular flexibility index (Phi) is 6.92. The van der Waals surface area contributed by atoms with E-state index >= 15 is 0 Å². The first kappa shape index (κ1) is 19.8. The second-order valence-corrected chi connectivity index (χ2v) is 8.28. The van der Waals surface area contributed by atoms with Crippen molar-refractivity contribution in [1.29, 1.82) is 0 Å². The van der Waals surface area contributed by atoms with Crippen LogP contribution in [0.15, 0.2) is 29.2 Å². The van der Waals surface area contributed by atoms with Crippen LogP contribution in [0, 0.1) is 11.7 Å². The van der Waals surface area contributed by atoms with Gasteiger partial charge in [0.15, 0.2) is 0 Å². The lowest BCUT2D eigenvalue weighted by molar-refractivity contribution is -0.122. The molecule has 0 saturated carbocycles. The minimum Gasteiger partial charge on any atom is -0.376 e. The Balaban J connectivity index is 1.94. The van der Waals surface area contributed by atoms with Crippen molar-refractivity contribution < 1.29 is 22.3 Å². The average Bonchev–Trinajstić information content (AvgIpc) is 3.06. The number of ether oxygens (including phenoxy) is 1. The molecule has 0 aromatic heterocycles. The summed E-state index contributed by atoms with van der Waals surface area (Å²) in [5.74, 6) is -0.812. The van der Waals surface area contributed by atoms with E-state index < -0.39 is 21.9 Å². The van der Waals surface area contributed by atoms with Gasteiger partial charge in [0, 0.05) is 25.6 Å². The van der Waals surface area contributed by atoms with Gasteiger partial charge in [-0.3, -0.25) is 4.79 Å². The molecular formula is C17H25FN2O4S. The molecule has 2 rings (SSSR count). The Labute approximate surface area is 148 Å². The van der Waals surface area contributed by atoms with Crippen LogP contribution in [0.3, 0.4) is 0 Å². The summed E-state index contributed by atoms with van der Waals surface area (Å²) in [6.45, 7) is 4.83. The van der Waals surface area contributed by atoms with E-state index in [4.69, 9.17) is 4.74 Å². The van der Waals surface area contributed by atoms with Crippen molar-refractivity contribution in [3.05, 3.63) is 30.1 Å². The average molecular weight is 372 g/mol. The molecule has 0 aliphatic carbocycles. The minimum absolute atomic E-state index is 0.0284. The summed E-state index contributed by atoms with van der Waals surface area (Å²) >= 11 is 0. The molecule has 2 atom stereocenters. The molecule has 0 spiro atoms. The van der Waals surface area contributed by atoms with Crippen molar-refractivity contribution in [1.82, 2.24) is 10.0 Å². The molecule has 2 N–H and O–H groups in total. The van der Waals surface area contributed by atoms with Crippen molar-refractivity contribution in [2.75, 3.05) is 13.2 Å². The summed E-state index contributed by atoms with van der Waals surface area (Å²) in [5, 5.41) is 2.79. The number of sulfonamides is 1. The third-order valence-corrected chi connectivity index (χ3v) is 5.70. The molecule has 1 aliphatic heterocycles. The van der Waals surface area contributed by atoms with Crippen LogP contribution in [0.4, 0.5) is 4.39 Å². The maximum Gasteiger partial charge on any atom is 0.240 e. The first-order chi connectivity index (χ1) is 11.8. The molecule has 140 valence electrons. The number of amides is 1. The van der Waals surface area contributed by atoms with Crippen LogP contribution in [0.5, 0.6) is 0 Å². The summed E-state index contributed by atoms with van der Waals surface area (Å²) < 4.78 is 45.8. The smallest absolute Gasteiger partial charge is 0.240 e. The molecule has 8 heteroatoms. The molecule has 2 unspecified atom stereocenters. The Hall–Kier alpha value is -1.51. The van der Waals surface area contributed by atoms with Crippen LogP contribution in [0.1, 0.15) is 33.1 Å². The zero-order chi connectivity index (χ0) is 18.4. The Morgan fingerprint density at radius 1 is 1.32 bits per heavy atom. The first-order valence-corrected chi connectivity index (χ1v) is 9.92. The fraction of sp³-hybridized carbons (Fsp3) is 0.588. The molecule has 1 heterocycles. The quantitative estimate of drug-likeness (QED) is 0.729. The standard InChI is InChI=1S/C17H25FN2O4S/c1-12(2)16(10-17(21)19-11-14-4-3-9-24-14)20-25(22,23)15-7-5-13(18)6-8-15/h5-8,12,14,16,20H,3-4,9-11H2,1-2H3,(H,19,21). The normalized spacial score (nSPS) is 19.1. The number of nitrogens with one attached hydrogen (secondary N) is 2. The van der Waals surface area contributed by atoms with Gasteiger partial charge in [-0.1, -0.05) is 13.8 Å². The molecule has 1 aromatic rings. The number of rotatable bonds is 8. The van der Waals surface area contributed by atoms with Crippen molar-refractivity contribution in [2.24, 2.45) is 5.92 Å². The molecule has 6 nitrogen and oxygen atoms in total. The van der Waals surface area contributed by atoms with Gasteiger partial charge < -0.3 is 10.1 Å². The van der Waals surface area contributed by atoms with Crippen molar-refractivity contribution in [2.45, 2.75) is 50.2 Å². The lowest BCUT2D eigenvalue weighted by Crippen LogP contribution is -2.43. The summed E-state index contributed by atoms with van der Waals surface area (Å²) in [4.78, 5) is 12.1. The first-order valence-electron chi connectivity index (χ1n) is 8.44. The molecule has 1 amide bonds. The van der Waals surface area contributed by atoms with Crippen LogP contribution >= 0.6 is 0 Å². The Bertz CT molecular complexity index is 670. The predicted octanol–water partition coefficient (Wildman–Crippen LogP) is 1.81. The number of halogens is 1. The zero-order valence-corrected chi connectivity index (χ0v) is 15.3. The lowest BCUT2D eigenvalue weighted by Gasteiger charge is -2.22. The molecule has 1 aliphatic rings. The van der Waals surface area contributed by atoms with E-state index in [-0.39, 0.29) is 29.2 Å². The predicted molar refractivity (Wildman–Crippen MR) is 91.9 cm³/mol. The number of hydrogen-bond acceptors (Lipinski definition) is 4. The van der Waals surface area contributed by atoms with Crippen molar-refractivity contribution in [3.63, 3.8) is 0 Å². The topological polar surface area (TPSA) is 84.5 Å². The van der Waals surface area contributed by atoms with Crippen LogP contribution in [-0.4, -0.2) is 39.6 Å². The van der Waals surface area contributed by atoms with Gasteiger partial charge in [0.05, 0.1) is 11.0 Å². The Morgan fingerprint density at radius 3 is 2.56 bits per heavy atom. The van der Waals surface area contributed by atoms with Gasteiger partial charge in [-0.25, -0.2) is 17.5 Å². The van der Waals surface area contributed by atoms with E-state index in [1.165, 1.54) is 12.1 Å². The highest BCUT2D eigenvalue weighted by Crippen LogP contribution is 2.15. The van der Waals surface area contributed by atoms with E-state index in [1.54, 1.807) is 0 Å². The molecule has 1 aromatic carbocycles. The van der Waals surface area contributed by atoms with Gasteiger partial charge in [-0.05, 0) is 43.0 Å². The monoisotopic (exact) mass is 372 g/mol. The Morgan fingerprint density at radius 2 is 2.00 bits per heavy atom. The van der Waals surface area contributed by atoms with E-state index in [9.17, 15) is 17.6 Å². The number of benzene rings is 1. The van der Waals surface area contributed by atoms with Gasteiger partial charge in [0.25, 0.3) is 0 Å². The van der Waals surface area contributed by atoms with Crippen LogP contribution in [0.25, 0.3) is 0 Å². The second kappa shape index (κ2) is 8.73. The van der Waals surface area contributed by atoms with Gasteiger partial charge in [-0.2, -0.15) is 0 Å². The summed E-state index contributed by atoms with van der Waals surface area (Å²) in [7, 11) is -3.82. The minimum atomic E-state index is -3.82. The lowest BCUT2D eigenvalue weighted by atomic mass is 10.0. The van der Waals surface area contributed by atoms with Gasteiger partial charge in [0.2, 0.25) is 15.9 Å².